The molecule has 0 atom stereocenters. The highest BCUT2D eigenvalue weighted by molar-refractivity contribution is 7.99. The number of nitrogens with two attached hydrogens (primary N) is 1. The van der Waals surface area contributed by atoms with Crippen LogP contribution in [0.25, 0.3) is 6.08 Å². The van der Waals surface area contributed by atoms with Crippen molar-refractivity contribution in [3.8, 4) is 0 Å². The summed E-state index contributed by atoms with van der Waals surface area (Å²) in [6.07, 6.45) is 3.99. The first-order valence-electron chi connectivity index (χ1n) is 8.94. The number of hydrogen-bond acceptors (Lipinski definition) is 4. The fourth-order valence-corrected chi connectivity index (χ4v) is 3.63. The Bertz CT molecular complexity index is 826. The number of carbonyl (C=O) groups excluding carboxylic acids is 1. The van der Waals surface area contributed by atoms with E-state index in [0.29, 0.717) is 29.3 Å². The number of allylic oxidation sites excluding steroid dienone is 1. The maximum absolute atomic E-state index is 12.7. The lowest BCUT2D eigenvalue weighted by Crippen LogP contribution is -2.03. The lowest BCUT2D eigenvalue weighted by molar-refractivity contribution is -0.137. The standard InChI is InChI=1S/C22H25NO3S/c1-15(2)17-11-8-16(9-12-17)10-13-19(24)22-18(23)5-3-6-20(22)27-14-4-7-21(25)26/h3,5-6,8-13,15H,4,7,14,23H2,1-2H3,(H,25,26). The number of anilines is 1. The molecule has 0 bridgehead atoms. The quantitative estimate of drug-likeness (QED) is 0.203. The van der Waals surface area contributed by atoms with E-state index in [1.54, 1.807) is 18.2 Å². The summed E-state index contributed by atoms with van der Waals surface area (Å²) in [5, 5.41) is 8.73. The number of carboxylic acid groups (broad SMARTS) is 1. The molecular weight excluding hydrogens is 358 g/mol. The Morgan fingerprint density at radius 3 is 2.48 bits per heavy atom. The van der Waals surface area contributed by atoms with E-state index >= 15 is 0 Å². The van der Waals surface area contributed by atoms with Crippen molar-refractivity contribution in [2.45, 2.75) is 37.5 Å². The second-order valence-corrected chi connectivity index (χ2v) is 7.72. The molecule has 2 rings (SSSR count). The number of carbonyl (C=O) groups is 2. The van der Waals surface area contributed by atoms with Crippen LogP contribution in [0.2, 0.25) is 0 Å². The fraction of sp³-hybridized carbons (Fsp3) is 0.273. The number of carboxylic acids is 1. The summed E-state index contributed by atoms with van der Waals surface area (Å²) in [6.45, 7) is 4.28. The summed E-state index contributed by atoms with van der Waals surface area (Å²) in [5.41, 5.74) is 9.16. The predicted molar refractivity (Wildman–Crippen MR) is 112 cm³/mol. The highest BCUT2D eigenvalue weighted by atomic mass is 32.2. The van der Waals surface area contributed by atoms with Crippen molar-refractivity contribution in [2.24, 2.45) is 0 Å². The number of aliphatic carboxylic acids is 1. The third-order valence-corrected chi connectivity index (χ3v) is 5.27. The minimum atomic E-state index is -0.814. The normalized spacial score (nSPS) is 11.2. The van der Waals surface area contributed by atoms with Crippen molar-refractivity contribution >= 4 is 35.3 Å². The molecule has 0 fully saturated rings. The Hall–Kier alpha value is -2.53. The molecule has 0 spiro atoms. The van der Waals surface area contributed by atoms with Crippen molar-refractivity contribution in [3.63, 3.8) is 0 Å². The SMILES string of the molecule is CC(C)c1ccc(C=CC(=O)c2c(N)cccc2SCCCC(=O)O)cc1. The number of ketones is 1. The third-order valence-electron chi connectivity index (χ3n) is 4.13. The van der Waals surface area contributed by atoms with Crippen LogP contribution in [0.4, 0.5) is 5.69 Å². The summed E-state index contributed by atoms with van der Waals surface area (Å²) >= 11 is 1.46. The second kappa shape index (κ2) is 9.97. The molecule has 3 N–H and O–H groups in total. The number of rotatable bonds is 9. The van der Waals surface area contributed by atoms with E-state index in [2.05, 4.69) is 26.0 Å². The molecule has 0 aromatic heterocycles. The minimum absolute atomic E-state index is 0.116. The Balaban J connectivity index is 2.11. The van der Waals surface area contributed by atoms with Crippen LogP contribution in [0.15, 0.2) is 53.4 Å². The Kier molecular flexibility index (Phi) is 7.67. The maximum atomic E-state index is 12.7. The van der Waals surface area contributed by atoms with Crippen LogP contribution in [-0.4, -0.2) is 22.6 Å². The summed E-state index contributed by atoms with van der Waals surface area (Å²) in [6, 6.07) is 13.5. The average molecular weight is 384 g/mol. The topological polar surface area (TPSA) is 80.4 Å². The van der Waals surface area contributed by atoms with Gasteiger partial charge >= 0.3 is 5.97 Å². The van der Waals surface area contributed by atoms with Crippen LogP contribution in [0, 0.1) is 0 Å². The van der Waals surface area contributed by atoms with Crippen LogP contribution >= 0.6 is 11.8 Å². The number of nitrogen functional groups attached to an aromatic ring is 1. The van der Waals surface area contributed by atoms with Crippen molar-refractivity contribution in [1.29, 1.82) is 0 Å². The first-order valence-corrected chi connectivity index (χ1v) is 9.92. The Morgan fingerprint density at radius 2 is 1.85 bits per heavy atom. The van der Waals surface area contributed by atoms with Crippen LogP contribution in [-0.2, 0) is 4.79 Å². The lowest BCUT2D eigenvalue weighted by Gasteiger charge is -2.09. The van der Waals surface area contributed by atoms with Gasteiger partial charge in [0.15, 0.2) is 5.78 Å². The summed E-state index contributed by atoms with van der Waals surface area (Å²) in [7, 11) is 0. The first-order chi connectivity index (χ1) is 12.9. The highest BCUT2D eigenvalue weighted by Gasteiger charge is 2.13. The molecule has 142 valence electrons. The molecule has 0 saturated carbocycles. The zero-order valence-corrected chi connectivity index (χ0v) is 16.5. The van der Waals surface area contributed by atoms with Gasteiger partial charge in [0.2, 0.25) is 0 Å². The molecule has 0 radical (unpaired) electrons. The zero-order chi connectivity index (χ0) is 19.8. The molecule has 2 aromatic carbocycles. The Morgan fingerprint density at radius 1 is 1.15 bits per heavy atom. The molecule has 0 aliphatic carbocycles. The van der Waals surface area contributed by atoms with Crippen molar-refractivity contribution in [2.75, 3.05) is 11.5 Å². The minimum Gasteiger partial charge on any atom is -0.481 e. The molecule has 2 aromatic rings. The van der Waals surface area contributed by atoms with Gasteiger partial charge in [0.25, 0.3) is 0 Å². The van der Waals surface area contributed by atoms with E-state index in [-0.39, 0.29) is 12.2 Å². The number of hydrogen-bond donors (Lipinski definition) is 2. The predicted octanol–water partition coefficient (Wildman–Crippen LogP) is 5.25. The van der Waals surface area contributed by atoms with Crippen LogP contribution in [0.3, 0.4) is 0 Å². The van der Waals surface area contributed by atoms with Gasteiger partial charge in [-0.25, -0.2) is 0 Å². The molecular formula is C22H25NO3S. The molecule has 0 heterocycles. The third kappa shape index (κ3) is 6.29. The van der Waals surface area contributed by atoms with Gasteiger partial charge in [0.05, 0.1) is 5.56 Å². The van der Waals surface area contributed by atoms with Gasteiger partial charge in [-0.2, -0.15) is 0 Å². The molecule has 0 aliphatic rings. The molecule has 0 aliphatic heterocycles. The first kappa shape index (κ1) is 20.8. The van der Waals surface area contributed by atoms with Crippen LogP contribution < -0.4 is 5.73 Å². The molecule has 0 unspecified atom stereocenters. The van der Waals surface area contributed by atoms with Gasteiger partial charge in [-0.3, -0.25) is 9.59 Å². The van der Waals surface area contributed by atoms with E-state index in [1.807, 2.05) is 18.2 Å². The summed E-state index contributed by atoms with van der Waals surface area (Å²) in [5.74, 6) is 0.123. The monoisotopic (exact) mass is 383 g/mol. The van der Waals surface area contributed by atoms with Crippen LogP contribution in [0.1, 0.15) is 54.1 Å². The lowest BCUT2D eigenvalue weighted by atomic mass is 10.0. The zero-order valence-electron chi connectivity index (χ0n) is 15.6. The summed E-state index contributed by atoms with van der Waals surface area (Å²) < 4.78 is 0. The Labute approximate surface area is 164 Å². The fourth-order valence-electron chi connectivity index (χ4n) is 2.58. The largest absolute Gasteiger partial charge is 0.481 e. The van der Waals surface area contributed by atoms with E-state index in [9.17, 15) is 9.59 Å². The van der Waals surface area contributed by atoms with E-state index in [4.69, 9.17) is 10.8 Å². The van der Waals surface area contributed by atoms with Crippen molar-refractivity contribution in [3.05, 3.63) is 65.2 Å². The highest BCUT2D eigenvalue weighted by Crippen LogP contribution is 2.29. The second-order valence-electron chi connectivity index (χ2n) is 6.59. The summed E-state index contributed by atoms with van der Waals surface area (Å²) in [4.78, 5) is 24.1. The maximum Gasteiger partial charge on any atom is 0.303 e. The molecule has 0 saturated heterocycles. The van der Waals surface area contributed by atoms with Crippen molar-refractivity contribution < 1.29 is 14.7 Å². The van der Waals surface area contributed by atoms with Gasteiger partial charge in [0.1, 0.15) is 0 Å². The van der Waals surface area contributed by atoms with Gasteiger partial charge in [-0.15, -0.1) is 11.8 Å². The van der Waals surface area contributed by atoms with Crippen LogP contribution in [0.5, 0.6) is 0 Å². The van der Waals surface area contributed by atoms with E-state index in [1.165, 1.54) is 23.4 Å². The molecule has 5 heteroatoms. The molecule has 0 amide bonds. The van der Waals surface area contributed by atoms with Gasteiger partial charge in [-0.05, 0) is 47.4 Å². The van der Waals surface area contributed by atoms with E-state index < -0.39 is 5.97 Å². The average Bonchev–Trinajstić information content (AvgIpc) is 2.63. The van der Waals surface area contributed by atoms with Gasteiger partial charge in [0, 0.05) is 17.0 Å². The van der Waals surface area contributed by atoms with Gasteiger partial charge < -0.3 is 10.8 Å². The molecule has 4 nitrogen and oxygen atoms in total. The smallest absolute Gasteiger partial charge is 0.303 e. The number of thioether (sulfide) groups is 1. The number of benzene rings is 2. The van der Waals surface area contributed by atoms with Gasteiger partial charge in [-0.1, -0.05) is 50.3 Å². The van der Waals surface area contributed by atoms with E-state index in [0.717, 1.165) is 10.5 Å². The molecule has 27 heavy (non-hydrogen) atoms. The van der Waals surface area contributed by atoms with Crippen molar-refractivity contribution in [1.82, 2.24) is 0 Å².